The van der Waals surface area contributed by atoms with E-state index < -0.39 is 0 Å². The second-order valence-corrected chi connectivity index (χ2v) is 2.89. The van der Waals surface area contributed by atoms with Gasteiger partial charge in [0, 0.05) is 17.3 Å². The first kappa shape index (κ1) is 9.95. The Morgan fingerprint density at radius 1 is 1.54 bits per heavy atom. The number of pyridine rings is 1. The van der Waals surface area contributed by atoms with Gasteiger partial charge in [0.15, 0.2) is 0 Å². The molecule has 0 amide bonds. The zero-order valence-electron chi connectivity index (χ0n) is 7.62. The van der Waals surface area contributed by atoms with E-state index >= 15 is 0 Å². The fourth-order valence-electron chi connectivity index (χ4n) is 1.24. The Kier molecular flexibility index (Phi) is 3.22. The van der Waals surface area contributed by atoms with Gasteiger partial charge in [-0.25, -0.2) is 0 Å². The minimum absolute atomic E-state index is 0.115. The zero-order chi connectivity index (χ0) is 9.84. The molecule has 0 radical (unpaired) electrons. The largest absolute Gasteiger partial charge is 0.506 e. The number of aromatic nitrogens is 1. The Morgan fingerprint density at radius 3 is 2.77 bits per heavy atom. The fourth-order valence-corrected chi connectivity index (χ4v) is 1.24. The van der Waals surface area contributed by atoms with Crippen LogP contribution in [-0.2, 0) is 13.0 Å². The highest BCUT2D eigenvalue weighted by Gasteiger charge is 2.09. The number of rotatable bonds is 3. The van der Waals surface area contributed by atoms with Crippen LogP contribution in [0.25, 0.3) is 0 Å². The number of nitrogens with two attached hydrogens (primary N) is 1. The SMILES string of the molecule is Cc1ncc(CO)c(CCN)c1O. The summed E-state index contributed by atoms with van der Waals surface area (Å²) in [5.74, 6) is 0.150. The molecule has 1 rings (SSSR count). The Morgan fingerprint density at radius 2 is 2.23 bits per heavy atom. The van der Waals surface area contributed by atoms with E-state index in [2.05, 4.69) is 4.98 Å². The topological polar surface area (TPSA) is 79.4 Å². The van der Waals surface area contributed by atoms with E-state index in [-0.39, 0.29) is 12.4 Å². The van der Waals surface area contributed by atoms with Crippen LogP contribution in [0, 0.1) is 6.92 Å². The van der Waals surface area contributed by atoms with E-state index in [1.807, 2.05) is 0 Å². The van der Waals surface area contributed by atoms with Gasteiger partial charge in [0.1, 0.15) is 5.75 Å². The van der Waals surface area contributed by atoms with Gasteiger partial charge in [-0.2, -0.15) is 0 Å². The molecule has 0 aliphatic rings. The van der Waals surface area contributed by atoms with E-state index in [9.17, 15) is 5.11 Å². The molecule has 1 aromatic heterocycles. The number of aliphatic hydroxyl groups is 1. The molecule has 4 heteroatoms. The highest BCUT2D eigenvalue weighted by molar-refractivity contribution is 5.40. The summed E-state index contributed by atoms with van der Waals surface area (Å²) in [6.07, 6.45) is 2.13. The van der Waals surface area contributed by atoms with E-state index in [1.165, 1.54) is 0 Å². The molecule has 0 bridgehead atoms. The Balaban J connectivity index is 3.15. The highest BCUT2D eigenvalue weighted by atomic mass is 16.3. The molecule has 4 N–H and O–H groups in total. The molecule has 0 aliphatic heterocycles. The quantitative estimate of drug-likeness (QED) is 0.619. The predicted molar refractivity (Wildman–Crippen MR) is 49.3 cm³/mol. The maximum atomic E-state index is 9.61. The van der Waals surface area contributed by atoms with Crippen molar-refractivity contribution >= 4 is 0 Å². The van der Waals surface area contributed by atoms with Crippen LogP contribution in [0.2, 0.25) is 0 Å². The van der Waals surface area contributed by atoms with E-state index in [4.69, 9.17) is 10.8 Å². The number of aliphatic hydroxyl groups excluding tert-OH is 1. The normalized spacial score (nSPS) is 10.4. The van der Waals surface area contributed by atoms with Gasteiger partial charge >= 0.3 is 0 Å². The maximum Gasteiger partial charge on any atom is 0.140 e. The molecule has 1 aromatic rings. The average molecular weight is 182 g/mol. The molecule has 1 heterocycles. The molecule has 0 spiro atoms. The van der Waals surface area contributed by atoms with Crippen molar-refractivity contribution in [1.29, 1.82) is 0 Å². The standard InChI is InChI=1S/C9H14N2O2/c1-6-9(13)8(2-3-10)7(5-12)4-11-6/h4,12-13H,2-3,5,10H2,1H3. The van der Waals surface area contributed by atoms with Crippen molar-refractivity contribution in [2.75, 3.05) is 6.54 Å². The summed E-state index contributed by atoms with van der Waals surface area (Å²) in [5, 5.41) is 18.6. The predicted octanol–water partition coefficient (Wildman–Crippen LogP) is 0.0891. The second kappa shape index (κ2) is 4.20. The summed E-state index contributed by atoms with van der Waals surface area (Å²) in [6, 6.07) is 0. The summed E-state index contributed by atoms with van der Waals surface area (Å²) in [4.78, 5) is 3.94. The molecule has 0 saturated carbocycles. The summed E-state index contributed by atoms with van der Waals surface area (Å²) in [6.45, 7) is 2.05. The van der Waals surface area contributed by atoms with Crippen LogP contribution in [0.5, 0.6) is 5.75 Å². The van der Waals surface area contributed by atoms with Crippen molar-refractivity contribution in [3.63, 3.8) is 0 Å². The average Bonchev–Trinajstić information content (AvgIpc) is 2.14. The lowest BCUT2D eigenvalue weighted by molar-refractivity contribution is 0.279. The lowest BCUT2D eigenvalue weighted by Crippen LogP contribution is -2.07. The zero-order valence-corrected chi connectivity index (χ0v) is 7.62. The third-order valence-corrected chi connectivity index (χ3v) is 1.99. The first-order valence-corrected chi connectivity index (χ1v) is 4.18. The van der Waals surface area contributed by atoms with Crippen molar-refractivity contribution in [2.24, 2.45) is 5.73 Å². The molecule has 0 aromatic carbocycles. The molecular weight excluding hydrogens is 168 g/mol. The third-order valence-electron chi connectivity index (χ3n) is 1.99. The van der Waals surface area contributed by atoms with E-state index in [0.29, 0.717) is 29.8 Å². The number of aryl methyl sites for hydroxylation is 1. The van der Waals surface area contributed by atoms with Crippen molar-refractivity contribution in [2.45, 2.75) is 20.0 Å². The van der Waals surface area contributed by atoms with Gasteiger partial charge in [-0.15, -0.1) is 0 Å². The van der Waals surface area contributed by atoms with E-state index in [1.54, 1.807) is 13.1 Å². The lowest BCUT2D eigenvalue weighted by Gasteiger charge is -2.09. The van der Waals surface area contributed by atoms with Gasteiger partial charge in [-0.05, 0) is 19.9 Å². The Hall–Kier alpha value is -1.13. The highest BCUT2D eigenvalue weighted by Crippen LogP contribution is 2.23. The molecule has 4 nitrogen and oxygen atoms in total. The van der Waals surface area contributed by atoms with Crippen molar-refractivity contribution in [3.05, 3.63) is 23.0 Å². The Labute approximate surface area is 77.0 Å². The number of nitrogens with zero attached hydrogens (tertiary/aromatic N) is 1. The van der Waals surface area contributed by atoms with Crippen LogP contribution in [-0.4, -0.2) is 21.7 Å². The number of aromatic hydroxyl groups is 1. The molecule has 13 heavy (non-hydrogen) atoms. The van der Waals surface area contributed by atoms with Crippen LogP contribution in [0.1, 0.15) is 16.8 Å². The minimum Gasteiger partial charge on any atom is -0.506 e. The summed E-state index contributed by atoms with van der Waals surface area (Å²) in [7, 11) is 0. The first-order chi connectivity index (χ1) is 6.20. The second-order valence-electron chi connectivity index (χ2n) is 2.89. The number of hydrogen-bond acceptors (Lipinski definition) is 4. The molecule has 0 fully saturated rings. The van der Waals surface area contributed by atoms with Crippen molar-refractivity contribution in [1.82, 2.24) is 4.98 Å². The molecule has 72 valence electrons. The van der Waals surface area contributed by atoms with Gasteiger partial charge in [-0.1, -0.05) is 0 Å². The maximum absolute atomic E-state index is 9.61. The molecule has 0 aliphatic carbocycles. The van der Waals surface area contributed by atoms with Crippen LogP contribution >= 0.6 is 0 Å². The summed E-state index contributed by atoms with van der Waals surface area (Å²) in [5.41, 5.74) is 7.31. The van der Waals surface area contributed by atoms with Gasteiger partial charge < -0.3 is 15.9 Å². The minimum atomic E-state index is -0.115. The van der Waals surface area contributed by atoms with Crippen LogP contribution in [0.3, 0.4) is 0 Å². The first-order valence-electron chi connectivity index (χ1n) is 4.18. The smallest absolute Gasteiger partial charge is 0.140 e. The van der Waals surface area contributed by atoms with Crippen LogP contribution in [0.15, 0.2) is 6.20 Å². The van der Waals surface area contributed by atoms with Crippen LogP contribution < -0.4 is 5.73 Å². The van der Waals surface area contributed by atoms with Gasteiger partial charge in [-0.3, -0.25) is 4.98 Å². The fraction of sp³-hybridized carbons (Fsp3) is 0.444. The Bertz CT molecular complexity index is 300. The molecule has 0 saturated heterocycles. The van der Waals surface area contributed by atoms with Gasteiger partial charge in [0.25, 0.3) is 0 Å². The van der Waals surface area contributed by atoms with Crippen molar-refractivity contribution < 1.29 is 10.2 Å². The molecule has 0 unspecified atom stereocenters. The van der Waals surface area contributed by atoms with Crippen LogP contribution in [0.4, 0.5) is 0 Å². The van der Waals surface area contributed by atoms with Gasteiger partial charge in [0.05, 0.1) is 12.3 Å². The third kappa shape index (κ3) is 1.96. The van der Waals surface area contributed by atoms with E-state index in [0.717, 1.165) is 0 Å². The molecule has 0 atom stereocenters. The molecular formula is C9H14N2O2. The monoisotopic (exact) mass is 182 g/mol. The summed E-state index contributed by atoms with van der Waals surface area (Å²) >= 11 is 0. The number of hydrogen-bond donors (Lipinski definition) is 3. The van der Waals surface area contributed by atoms with Crippen molar-refractivity contribution in [3.8, 4) is 5.75 Å². The van der Waals surface area contributed by atoms with Gasteiger partial charge in [0.2, 0.25) is 0 Å². The summed E-state index contributed by atoms with van der Waals surface area (Å²) < 4.78 is 0. The lowest BCUT2D eigenvalue weighted by atomic mass is 10.1.